The van der Waals surface area contributed by atoms with E-state index in [1.165, 1.54) is 0 Å². The van der Waals surface area contributed by atoms with Gasteiger partial charge in [0.2, 0.25) is 0 Å². The molecule has 4 aromatic rings. The summed E-state index contributed by atoms with van der Waals surface area (Å²) in [6.07, 6.45) is 5.75. The molecule has 5 heterocycles. The van der Waals surface area contributed by atoms with Crippen molar-refractivity contribution in [3.8, 4) is 5.82 Å². The predicted molar refractivity (Wildman–Crippen MR) is 128 cm³/mol. The molecule has 0 unspecified atom stereocenters. The minimum absolute atomic E-state index is 0.260. The molecule has 5 rings (SSSR count). The standard InChI is InChI=1S/C22H31N7O2Si/c1-16-14-30-10-9-28(16)21-17-5-7-23-20(17)18-13-24-29(22(18)25-21)19-6-8-27(26-19)15-31-11-12-32(2,3)4/h5-8,13,16,23H,9-12,14-15H2,1-4H3/t16-/m1/s1. The van der Waals surface area contributed by atoms with Gasteiger partial charge in [0.15, 0.2) is 11.5 Å². The van der Waals surface area contributed by atoms with E-state index in [1.807, 2.05) is 34.0 Å². The van der Waals surface area contributed by atoms with Crippen LogP contribution in [0, 0.1) is 0 Å². The molecule has 1 saturated heterocycles. The van der Waals surface area contributed by atoms with Crippen molar-refractivity contribution < 1.29 is 9.47 Å². The van der Waals surface area contributed by atoms with Gasteiger partial charge >= 0.3 is 0 Å². The third-order valence-corrected chi connectivity index (χ3v) is 7.62. The zero-order chi connectivity index (χ0) is 22.3. The van der Waals surface area contributed by atoms with E-state index in [4.69, 9.17) is 14.5 Å². The number of hydrogen-bond acceptors (Lipinski definition) is 6. The van der Waals surface area contributed by atoms with Crippen LogP contribution in [0.1, 0.15) is 6.92 Å². The van der Waals surface area contributed by atoms with Crippen LogP contribution in [0.4, 0.5) is 5.82 Å². The van der Waals surface area contributed by atoms with Crippen molar-refractivity contribution >= 4 is 35.8 Å². The smallest absolute Gasteiger partial charge is 0.177 e. The van der Waals surface area contributed by atoms with Crippen LogP contribution in [0.25, 0.3) is 27.8 Å². The Morgan fingerprint density at radius 2 is 2.12 bits per heavy atom. The van der Waals surface area contributed by atoms with Crippen molar-refractivity contribution in [2.45, 2.75) is 45.4 Å². The summed E-state index contributed by atoms with van der Waals surface area (Å²) < 4.78 is 15.1. The molecule has 0 radical (unpaired) electrons. The molecule has 1 N–H and O–H groups in total. The highest BCUT2D eigenvalue weighted by atomic mass is 28.3. The number of ether oxygens (including phenoxy) is 2. The maximum Gasteiger partial charge on any atom is 0.177 e. The largest absolute Gasteiger partial charge is 0.377 e. The van der Waals surface area contributed by atoms with Gasteiger partial charge in [0.1, 0.15) is 12.5 Å². The Bertz CT molecular complexity index is 1220. The predicted octanol–water partition coefficient (Wildman–Crippen LogP) is 3.64. The van der Waals surface area contributed by atoms with E-state index in [9.17, 15) is 0 Å². The van der Waals surface area contributed by atoms with Gasteiger partial charge in [0.05, 0.1) is 36.4 Å². The summed E-state index contributed by atoms with van der Waals surface area (Å²) >= 11 is 0. The first-order valence-electron chi connectivity index (χ1n) is 11.2. The zero-order valence-electron chi connectivity index (χ0n) is 19.2. The van der Waals surface area contributed by atoms with Crippen LogP contribution in [-0.2, 0) is 16.2 Å². The maximum atomic E-state index is 5.84. The fourth-order valence-electron chi connectivity index (χ4n) is 4.07. The molecule has 0 aromatic carbocycles. The first-order chi connectivity index (χ1) is 15.4. The number of fused-ring (bicyclic) bond motifs is 3. The lowest BCUT2D eigenvalue weighted by atomic mass is 10.2. The normalized spacial score (nSPS) is 17.6. The molecule has 0 bridgehead atoms. The monoisotopic (exact) mass is 453 g/mol. The first kappa shape index (κ1) is 21.2. The van der Waals surface area contributed by atoms with Crippen LogP contribution >= 0.6 is 0 Å². The molecule has 4 aromatic heterocycles. The van der Waals surface area contributed by atoms with Crippen molar-refractivity contribution in [2.24, 2.45) is 0 Å². The second-order valence-electron chi connectivity index (χ2n) is 9.67. The van der Waals surface area contributed by atoms with Gasteiger partial charge in [-0.1, -0.05) is 19.6 Å². The quantitative estimate of drug-likeness (QED) is 0.340. The van der Waals surface area contributed by atoms with Gasteiger partial charge in [-0.3, -0.25) is 0 Å². The molecule has 10 heteroatoms. The zero-order valence-corrected chi connectivity index (χ0v) is 20.2. The molecule has 1 fully saturated rings. The summed E-state index contributed by atoms with van der Waals surface area (Å²) in [6.45, 7) is 12.7. The molecule has 1 atom stereocenters. The Morgan fingerprint density at radius 3 is 2.94 bits per heavy atom. The minimum Gasteiger partial charge on any atom is -0.377 e. The fourth-order valence-corrected chi connectivity index (χ4v) is 4.82. The van der Waals surface area contributed by atoms with Gasteiger partial charge < -0.3 is 19.4 Å². The van der Waals surface area contributed by atoms with E-state index in [2.05, 4.69) is 52.7 Å². The van der Waals surface area contributed by atoms with E-state index in [1.54, 1.807) is 0 Å². The van der Waals surface area contributed by atoms with Gasteiger partial charge in [0, 0.05) is 45.1 Å². The number of anilines is 1. The van der Waals surface area contributed by atoms with Gasteiger partial charge in [-0.25, -0.2) is 9.67 Å². The number of H-pyrrole nitrogens is 1. The lowest BCUT2D eigenvalue weighted by Crippen LogP contribution is -2.44. The summed E-state index contributed by atoms with van der Waals surface area (Å²) in [5.41, 5.74) is 1.84. The van der Waals surface area contributed by atoms with E-state index < -0.39 is 8.07 Å². The van der Waals surface area contributed by atoms with Gasteiger partial charge in [-0.05, 0) is 19.0 Å². The van der Waals surface area contributed by atoms with Crippen molar-refractivity contribution in [1.82, 2.24) is 29.5 Å². The number of aromatic amines is 1. The number of aromatic nitrogens is 6. The van der Waals surface area contributed by atoms with Crippen molar-refractivity contribution in [3.63, 3.8) is 0 Å². The Balaban J connectivity index is 1.46. The number of morpholine rings is 1. The highest BCUT2D eigenvalue weighted by Crippen LogP contribution is 2.32. The Hall–Kier alpha value is -2.69. The molecule has 9 nitrogen and oxygen atoms in total. The average molecular weight is 454 g/mol. The van der Waals surface area contributed by atoms with Crippen LogP contribution in [0.3, 0.4) is 0 Å². The lowest BCUT2D eigenvalue weighted by Gasteiger charge is -2.34. The number of pyridine rings is 1. The molecule has 0 saturated carbocycles. The summed E-state index contributed by atoms with van der Waals surface area (Å²) in [5.74, 6) is 1.69. The number of hydrogen-bond donors (Lipinski definition) is 1. The summed E-state index contributed by atoms with van der Waals surface area (Å²) in [6, 6.07) is 5.44. The Labute approximate surface area is 188 Å². The van der Waals surface area contributed by atoms with Crippen LogP contribution < -0.4 is 4.90 Å². The van der Waals surface area contributed by atoms with Crippen LogP contribution in [0.2, 0.25) is 25.7 Å². The van der Waals surface area contributed by atoms with Gasteiger partial charge in [0.25, 0.3) is 0 Å². The van der Waals surface area contributed by atoms with Crippen molar-refractivity contribution in [2.75, 3.05) is 31.3 Å². The molecule has 1 aliphatic heterocycles. The Morgan fingerprint density at radius 1 is 1.25 bits per heavy atom. The number of nitrogens with zero attached hydrogens (tertiary/aromatic N) is 6. The molecule has 1 aliphatic rings. The Kier molecular flexibility index (Phi) is 5.52. The molecule has 0 aliphatic carbocycles. The van der Waals surface area contributed by atoms with Crippen LogP contribution in [-0.4, -0.2) is 70.0 Å². The topological polar surface area (TPSA) is 86.0 Å². The highest BCUT2D eigenvalue weighted by Gasteiger charge is 2.25. The van der Waals surface area contributed by atoms with Crippen LogP contribution in [0.5, 0.6) is 0 Å². The second kappa shape index (κ2) is 8.34. The molecule has 0 amide bonds. The molecule has 0 spiro atoms. The molecule has 170 valence electrons. The second-order valence-corrected chi connectivity index (χ2v) is 15.3. The third-order valence-electron chi connectivity index (χ3n) is 5.92. The van der Waals surface area contributed by atoms with E-state index in [0.29, 0.717) is 19.9 Å². The summed E-state index contributed by atoms with van der Waals surface area (Å²) in [5, 5.41) is 11.4. The average Bonchev–Trinajstić information content (AvgIpc) is 3.48. The molecular weight excluding hydrogens is 422 g/mol. The summed E-state index contributed by atoms with van der Waals surface area (Å²) in [4.78, 5) is 10.8. The SMILES string of the molecule is C[C@@H]1COCCN1c1nc2c(cnn2-c2ccn(COCC[Si](C)(C)C)n2)c2[nH]ccc12. The molecular formula is C22H31N7O2Si. The van der Waals surface area contributed by atoms with Crippen molar-refractivity contribution in [3.05, 3.63) is 30.7 Å². The number of nitrogens with one attached hydrogen (secondary N) is 1. The van der Waals surface area contributed by atoms with E-state index in [0.717, 1.165) is 52.8 Å². The van der Waals surface area contributed by atoms with Gasteiger partial charge in [-0.15, -0.1) is 0 Å². The summed E-state index contributed by atoms with van der Waals surface area (Å²) in [7, 11) is -1.10. The maximum absolute atomic E-state index is 5.84. The van der Waals surface area contributed by atoms with Gasteiger partial charge in [-0.2, -0.15) is 14.9 Å². The minimum atomic E-state index is -1.10. The van der Waals surface area contributed by atoms with E-state index in [-0.39, 0.29) is 6.04 Å². The fraction of sp³-hybridized carbons (Fsp3) is 0.500. The third kappa shape index (κ3) is 4.05. The van der Waals surface area contributed by atoms with E-state index >= 15 is 0 Å². The number of rotatable bonds is 7. The highest BCUT2D eigenvalue weighted by molar-refractivity contribution is 6.76. The lowest BCUT2D eigenvalue weighted by molar-refractivity contribution is 0.0785. The first-order valence-corrected chi connectivity index (χ1v) is 14.9. The van der Waals surface area contributed by atoms with Crippen LogP contribution in [0.15, 0.2) is 30.7 Å². The van der Waals surface area contributed by atoms with Crippen molar-refractivity contribution in [1.29, 1.82) is 0 Å². The molecule has 32 heavy (non-hydrogen) atoms.